The number of hydrogen-bond acceptors (Lipinski definition) is 3. The van der Waals surface area contributed by atoms with Gasteiger partial charge < -0.3 is 15.8 Å². The zero-order valence-electron chi connectivity index (χ0n) is 12.3. The minimum Gasteiger partial charge on any atom is -0.397 e. The summed E-state index contributed by atoms with van der Waals surface area (Å²) in [5.41, 5.74) is 8.86. The van der Waals surface area contributed by atoms with Crippen LogP contribution in [-0.4, -0.2) is 19.8 Å². The van der Waals surface area contributed by atoms with Crippen molar-refractivity contribution >= 4 is 23.0 Å². The summed E-state index contributed by atoms with van der Waals surface area (Å²) in [6.07, 6.45) is 0.897. The molecule has 0 aliphatic carbocycles. The lowest BCUT2D eigenvalue weighted by molar-refractivity contribution is 0.0782. The van der Waals surface area contributed by atoms with E-state index in [9.17, 15) is 0 Å². The van der Waals surface area contributed by atoms with Gasteiger partial charge in [-0.25, -0.2) is 0 Å². The van der Waals surface area contributed by atoms with E-state index >= 15 is 0 Å². The molecule has 3 N–H and O–H groups in total. The van der Waals surface area contributed by atoms with Gasteiger partial charge in [0.15, 0.2) is 0 Å². The maximum Gasteiger partial charge on any atom is 0.0639 e. The summed E-state index contributed by atoms with van der Waals surface area (Å²) >= 11 is 6.10. The highest BCUT2D eigenvalue weighted by molar-refractivity contribution is 6.31. The van der Waals surface area contributed by atoms with E-state index in [0.717, 1.165) is 35.8 Å². The van der Waals surface area contributed by atoms with Crippen molar-refractivity contribution in [1.82, 2.24) is 0 Å². The van der Waals surface area contributed by atoms with E-state index in [4.69, 9.17) is 22.1 Å². The summed E-state index contributed by atoms with van der Waals surface area (Å²) in [6, 6.07) is 3.82. The number of rotatable bonds is 6. The first-order chi connectivity index (χ1) is 8.83. The Hall–Kier alpha value is -0.930. The molecule has 0 atom stereocenters. The van der Waals surface area contributed by atoms with Gasteiger partial charge in [0.05, 0.1) is 24.6 Å². The predicted octanol–water partition coefficient (Wildman–Crippen LogP) is 3.96. The highest BCUT2D eigenvalue weighted by Crippen LogP contribution is 2.27. The zero-order valence-corrected chi connectivity index (χ0v) is 13.1. The molecule has 0 heterocycles. The summed E-state index contributed by atoms with van der Waals surface area (Å²) in [4.78, 5) is 0. The van der Waals surface area contributed by atoms with Crippen molar-refractivity contribution in [3.05, 3.63) is 22.7 Å². The standard InChI is InChI=1S/C15H25ClN2O/c1-5-11-8-14(13(17)9-12(11)16)18-6-7-19-10-15(2,3)4/h8-9,18H,5-7,10,17H2,1-4H3. The molecule has 0 amide bonds. The van der Waals surface area contributed by atoms with Crippen molar-refractivity contribution in [3.63, 3.8) is 0 Å². The number of nitrogens with two attached hydrogens (primary N) is 1. The van der Waals surface area contributed by atoms with Crippen LogP contribution in [0.3, 0.4) is 0 Å². The minimum absolute atomic E-state index is 0.203. The molecule has 0 bridgehead atoms. The Labute approximate surface area is 121 Å². The minimum atomic E-state index is 0.203. The Bertz CT molecular complexity index is 413. The lowest BCUT2D eigenvalue weighted by Gasteiger charge is -2.18. The Kier molecular flexibility index (Phi) is 5.95. The molecule has 1 aromatic rings. The normalized spacial score (nSPS) is 11.6. The van der Waals surface area contributed by atoms with Crippen molar-refractivity contribution in [2.24, 2.45) is 5.41 Å². The monoisotopic (exact) mass is 284 g/mol. The van der Waals surface area contributed by atoms with Gasteiger partial charge in [0.25, 0.3) is 0 Å². The molecule has 1 rings (SSSR count). The van der Waals surface area contributed by atoms with Crippen LogP contribution in [0.5, 0.6) is 0 Å². The molecule has 3 nitrogen and oxygen atoms in total. The Morgan fingerprint density at radius 2 is 2.00 bits per heavy atom. The van der Waals surface area contributed by atoms with Crippen LogP contribution >= 0.6 is 11.6 Å². The number of benzene rings is 1. The smallest absolute Gasteiger partial charge is 0.0639 e. The molecule has 0 aliphatic heterocycles. The molecule has 0 spiro atoms. The van der Waals surface area contributed by atoms with Gasteiger partial charge in [-0.15, -0.1) is 0 Å². The lowest BCUT2D eigenvalue weighted by atomic mass is 9.99. The maximum atomic E-state index is 6.10. The van der Waals surface area contributed by atoms with E-state index < -0.39 is 0 Å². The van der Waals surface area contributed by atoms with Gasteiger partial charge in [-0.1, -0.05) is 39.3 Å². The highest BCUT2D eigenvalue weighted by Gasteiger charge is 2.09. The third kappa shape index (κ3) is 5.70. The number of anilines is 2. The molecule has 0 fully saturated rings. The second kappa shape index (κ2) is 7.01. The van der Waals surface area contributed by atoms with Crippen LogP contribution in [0.1, 0.15) is 33.3 Å². The first kappa shape index (κ1) is 16.1. The number of ether oxygens (including phenoxy) is 1. The first-order valence-electron chi connectivity index (χ1n) is 6.73. The van der Waals surface area contributed by atoms with Gasteiger partial charge in [-0.3, -0.25) is 0 Å². The topological polar surface area (TPSA) is 47.3 Å². The predicted molar refractivity (Wildman–Crippen MR) is 84.0 cm³/mol. The first-order valence-corrected chi connectivity index (χ1v) is 7.11. The molecule has 0 aliphatic rings. The molecule has 0 saturated carbocycles. The molecule has 108 valence electrons. The average molecular weight is 285 g/mol. The summed E-state index contributed by atoms with van der Waals surface area (Å²) in [5, 5.41) is 4.02. The Morgan fingerprint density at radius 3 is 2.58 bits per heavy atom. The molecular weight excluding hydrogens is 260 g/mol. The van der Waals surface area contributed by atoms with E-state index in [1.807, 2.05) is 6.07 Å². The van der Waals surface area contributed by atoms with Crippen LogP contribution in [0, 0.1) is 5.41 Å². The number of hydrogen-bond donors (Lipinski definition) is 2. The van der Waals surface area contributed by atoms with Gasteiger partial charge >= 0.3 is 0 Å². The van der Waals surface area contributed by atoms with Crippen LogP contribution in [0.15, 0.2) is 12.1 Å². The molecule has 0 radical (unpaired) electrons. The average Bonchev–Trinajstić information content (AvgIpc) is 2.29. The molecule has 1 aromatic carbocycles. The van der Waals surface area contributed by atoms with Gasteiger partial charge in [-0.05, 0) is 29.5 Å². The fourth-order valence-electron chi connectivity index (χ4n) is 1.69. The summed E-state index contributed by atoms with van der Waals surface area (Å²) in [6.45, 7) is 10.7. The largest absolute Gasteiger partial charge is 0.397 e. The molecule has 19 heavy (non-hydrogen) atoms. The number of aryl methyl sites for hydroxylation is 1. The molecule has 0 saturated heterocycles. The van der Waals surface area contributed by atoms with E-state index in [0.29, 0.717) is 12.3 Å². The fourth-order valence-corrected chi connectivity index (χ4v) is 2.00. The fraction of sp³-hybridized carbons (Fsp3) is 0.600. The molecule has 0 unspecified atom stereocenters. The zero-order chi connectivity index (χ0) is 14.5. The van der Waals surface area contributed by atoms with Crippen LogP contribution < -0.4 is 11.1 Å². The van der Waals surface area contributed by atoms with Gasteiger partial charge in [-0.2, -0.15) is 0 Å². The van der Waals surface area contributed by atoms with E-state index in [1.54, 1.807) is 6.07 Å². The van der Waals surface area contributed by atoms with Crippen molar-refractivity contribution in [1.29, 1.82) is 0 Å². The highest BCUT2D eigenvalue weighted by atomic mass is 35.5. The van der Waals surface area contributed by atoms with E-state index in [2.05, 4.69) is 33.0 Å². The third-order valence-corrected chi connectivity index (χ3v) is 3.05. The van der Waals surface area contributed by atoms with Crippen LogP contribution in [0.2, 0.25) is 5.02 Å². The van der Waals surface area contributed by atoms with Crippen molar-refractivity contribution in [3.8, 4) is 0 Å². The van der Waals surface area contributed by atoms with Crippen LogP contribution in [0.4, 0.5) is 11.4 Å². The van der Waals surface area contributed by atoms with E-state index in [-0.39, 0.29) is 5.41 Å². The van der Waals surface area contributed by atoms with Crippen molar-refractivity contribution in [2.45, 2.75) is 34.1 Å². The van der Waals surface area contributed by atoms with Gasteiger partial charge in [0, 0.05) is 11.6 Å². The third-order valence-electron chi connectivity index (χ3n) is 2.70. The van der Waals surface area contributed by atoms with Crippen molar-refractivity contribution < 1.29 is 4.74 Å². The summed E-state index contributed by atoms with van der Waals surface area (Å²) < 4.78 is 5.61. The quantitative estimate of drug-likeness (QED) is 0.614. The second-order valence-corrected chi connectivity index (χ2v) is 6.33. The van der Waals surface area contributed by atoms with Gasteiger partial charge in [0.1, 0.15) is 0 Å². The molecule has 4 heteroatoms. The second-order valence-electron chi connectivity index (χ2n) is 5.92. The Morgan fingerprint density at radius 1 is 1.32 bits per heavy atom. The molecular formula is C15H25ClN2O. The lowest BCUT2D eigenvalue weighted by Crippen LogP contribution is -2.18. The van der Waals surface area contributed by atoms with Crippen LogP contribution in [-0.2, 0) is 11.2 Å². The number of nitrogens with one attached hydrogen (secondary N) is 1. The number of halogens is 1. The van der Waals surface area contributed by atoms with Crippen molar-refractivity contribution in [2.75, 3.05) is 30.8 Å². The number of nitrogen functional groups attached to an aromatic ring is 1. The van der Waals surface area contributed by atoms with Gasteiger partial charge in [0.2, 0.25) is 0 Å². The Balaban J connectivity index is 2.45. The summed E-state index contributed by atoms with van der Waals surface area (Å²) in [5.74, 6) is 0. The van der Waals surface area contributed by atoms with E-state index in [1.165, 1.54) is 0 Å². The summed E-state index contributed by atoms with van der Waals surface area (Å²) in [7, 11) is 0. The molecule has 0 aromatic heterocycles. The SMILES string of the molecule is CCc1cc(NCCOCC(C)(C)C)c(N)cc1Cl. The maximum absolute atomic E-state index is 6.10. The van der Waals surface area contributed by atoms with Crippen LogP contribution in [0.25, 0.3) is 0 Å².